The standard InChI is InChI=1S/C25H33N3O3/c1-2-21-10-6-7-11-24(21)31-19-28-14-12-27(13-15-28)18-23(29)17-22(25(26)30)16-20-8-4-3-5-9-20/h2-11,22-23,29H,1,12-19H2,(H2,26,30)/t22-,23+/m1/s1. The molecule has 6 heteroatoms. The molecule has 1 saturated heterocycles. The Morgan fingerprint density at radius 1 is 1.06 bits per heavy atom. The first kappa shape index (κ1) is 23.0. The first-order valence-corrected chi connectivity index (χ1v) is 10.9. The largest absolute Gasteiger partial charge is 0.478 e. The van der Waals surface area contributed by atoms with E-state index in [1.807, 2.05) is 54.6 Å². The number of benzene rings is 2. The highest BCUT2D eigenvalue weighted by Gasteiger charge is 2.24. The number of primary amides is 1. The second-order valence-electron chi connectivity index (χ2n) is 8.11. The molecular formula is C25H33N3O3. The summed E-state index contributed by atoms with van der Waals surface area (Å²) in [6.45, 7) is 8.34. The highest BCUT2D eigenvalue weighted by atomic mass is 16.5. The van der Waals surface area contributed by atoms with Crippen LogP contribution in [0.15, 0.2) is 61.2 Å². The molecule has 166 valence electrons. The fourth-order valence-corrected chi connectivity index (χ4v) is 3.94. The van der Waals surface area contributed by atoms with Crippen molar-refractivity contribution in [2.24, 2.45) is 11.7 Å². The number of hydrogen-bond acceptors (Lipinski definition) is 5. The highest BCUT2D eigenvalue weighted by Crippen LogP contribution is 2.19. The summed E-state index contributed by atoms with van der Waals surface area (Å²) in [6, 6.07) is 17.7. The van der Waals surface area contributed by atoms with Crippen molar-refractivity contribution in [3.8, 4) is 5.75 Å². The van der Waals surface area contributed by atoms with Crippen LogP contribution in [0.3, 0.4) is 0 Å². The summed E-state index contributed by atoms with van der Waals surface area (Å²) in [5, 5.41) is 10.6. The minimum atomic E-state index is -0.580. The van der Waals surface area contributed by atoms with E-state index in [1.165, 1.54) is 0 Å². The lowest BCUT2D eigenvalue weighted by atomic mass is 9.93. The zero-order valence-corrected chi connectivity index (χ0v) is 18.0. The Morgan fingerprint density at radius 3 is 2.39 bits per heavy atom. The molecule has 3 N–H and O–H groups in total. The van der Waals surface area contributed by atoms with Gasteiger partial charge in [-0.05, 0) is 24.5 Å². The molecular weight excluding hydrogens is 390 g/mol. The van der Waals surface area contributed by atoms with Crippen LogP contribution in [0.4, 0.5) is 0 Å². The van der Waals surface area contributed by atoms with Crippen molar-refractivity contribution in [3.05, 3.63) is 72.3 Å². The summed E-state index contributed by atoms with van der Waals surface area (Å²) < 4.78 is 5.95. The smallest absolute Gasteiger partial charge is 0.220 e. The third-order valence-corrected chi connectivity index (χ3v) is 5.76. The van der Waals surface area contributed by atoms with Gasteiger partial charge in [-0.25, -0.2) is 0 Å². The molecule has 0 bridgehead atoms. The van der Waals surface area contributed by atoms with Crippen LogP contribution in [0.1, 0.15) is 17.5 Å². The predicted molar refractivity (Wildman–Crippen MR) is 123 cm³/mol. The summed E-state index contributed by atoms with van der Waals surface area (Å²) in [7, 11) is 0. The van der Waals surface area contributed by atoms with Crippen LogP contribution >= 0.6 is 0 Å². The third kappa shape index (κ3) is 7.21. The summed E-state index contributed by atoms with van der Waals surface area (Å²) in [4.78, 5) is 16.4. The van der Waals surface area contributed by atoms with Gasteiger partial charge in [-0.15, -0.1) is 0 Å². The molecule has 0 saturated carbocycles. The van der Waals surface area contributed by atoms with Gasteiger partial charge < -0.3 is 15.6 Å². The van der Waals surface area contributed by atoms with Crippen molar-refractivity contribution in [2.45, 2.75) is 18.9 Å². The molecule has 3 rings (SSSR count). The van der Waals surface area contributed by atoms with Crippen molar-refractivity contribution >= 4 is 12.0 Å². The van der Waals surface area contributed by atoms with Crippen LogP contribution < -0.4 is 10.5 Å². The summed E-state index contributed by atoms with van der Waals surface area (Å²) in [5.74, 6) is 0.118. The first-order valence-electron chi connectivity index (χ1n) is 10.9. The number of piperazine rings is 1. The molecule has 0 aliphatic carbocycles. The number of nitrogens with two attached hydrogens (primary N) is 1. The molecule has 0 radical (unpaired) electrons. The average Bonchev–Trinajstić information content (AvgIpc) is 2.79. The number of carbonyl (C=O) groups excluding carboxylic acids is 1. The fraction of sp³-hybridized carbons (Fsp3) is 0.400. The van der Waals surface area contributed by atoms with Crippen LogP contribution in [-0.4, -0.2) is 66.4 Å². The number of amides is 1. The third-order valence-electron chi connectivity index (χ3n) is 5.76. The lowest BCUT2D eigenvalue weighted by Crippen LogP contribution is -2.49. The number of rotatable bonds is 11. The van der Waals surface area contributed by atoms with E-state index in [9.17, 15) is 9.90 Å². The second kappa shape index (κ2) is 11.6. The Kier molecular flexibility index (Phi) is 8.64. The maximum atomic E-state index is 11.9. The Labute approximate surface area is 184 Å². The Bertz CT molecular complexity index is 835. The molecule has 0 spiro atoms. The van der Waals surface area contributed by atoms with Gasteiger partial charge in [0, 0.05) is 44.2 Å². The quantitative estimate of drug-likeness (QED) is 0.580. The molecule has 0 unspecified atom stereocenters. The van der Waals surface area contributed by atoms with E-state index in [-0.39, 0.29) is 11.8 Å². The van der Waals surface area contributed by atoms with Crippen molar-refractivity contribution in [3.63, 3.8) is 0 Å². The summed E-state index contributed by atoms with van der Waals surface area (Å²) in [6.07, 6.45) is 2.16. The number of hydrogen-bond donors (Lipinski definition) is 2. The van der Waals surface area contributed by atoms with E-state index in [0.717, 1.165) is 43.1 Å². The molecule has 1 heterocycles. The second-order valence-corrected chi connectivity index (χ2v) is 8.11. The average molecular weight is 424 g/mol. The number of aliphatic hydroxyl groups excluding tert-OH is 1. The number of carbonyl (C=O) groups is 1. The van der Waals surface area contributed by atoms with Gasteiger partial charge >= 0.3 is 0 Å². The van der Waals surface area contributed by atoms with Gasteiger partial charge in [0.1, 0.15) is 12.5 Å². The van der Waals surface area contributed by atoms with Crippen LogP contribution in [-0.2, 0) is 11.2 Å². The van der Waals surface area contributed by atoms with E-state index >= 15 is 0 Å². The van der Waals surface area contributed by atoms with Gasteiger partial charge in [-0.3, -0.25) is 14.6 Å². The number of β-amino-alcohol motifs (C(OH)–C–C–N with tert-alkyl or cyclic N) is 1. The maximum absolute atomic E-state index is 11.9. The first-order chi connectivity index (χ1) is 15.0. The predicted octanol–water partition coefficient (Wildman–Crippen LogP) is 2.38. The molecule has 2 atom stereocenters. The normalized spacial score (nSPS) is 17.1. The van der Waals surface area contributed by atoms with Gasteiger partial charge in [-0.1, -0.05) is 61.2 Å². The molecule has 31 heavy (non-hydrogen) atoms. The van der Waals surface area contributed by atoms with Crippen molar-refractivity contribution in [2.75, 3.05) is 39.5 Å². The van der Waals surface area contributed by atoms with E-state index in [1.54, 1.807) is 6.08 Å². The fourth-order valence-electron chi connectivity index (χ4n) is 3.94. The van der Waals surface area contributed by atoms with E-state index in [4.69, 9.17) is 10.5 Å². The van der Waals surface area contributed by atoms with Gasteiger partial charge in [0.25, 0.3) is 0 Å². The minimum absolute atomic E-state index is 0.357. The van der Waals surface area contributed by atoms with Gasteiger partial charge in [0.05, 0.1) is 6.10 Å². The van der Waals surface area contributed by atoms with Crippen molar-refractivity contribution < 1.29 is 14.6 Å². The maximum Gasteiger partial charge on any atom is 0.220 e. The van der Waals surface area contributed by atoms with E-state index < -0.39 is 6.10 Å². The van der Waals surface area contributed by atoms with E-state index in [2.05, 4.69) is 16.4 Å². The molecule has 1 aliphatic rings. The highest BCUT2D eigenvalue weighted by molar-refractivity contribution is 5.77. The Hall–Kier alpha value is -2.67. The zero-order valence-electron chi connectivity index (χ0n) is 18.0. The minimum Gasteiger partial charge on any atom is -0.478 e. The molecule has 6 nitrogen and oxygen atoms in total. The Morgan fingerprint density at radius 2 is 1.71 bits per heavy atom. The SMILES string of the molecule is C=Cc1ccccc1OCN1CCN(C[C@@H](O)C[C@@H](Cc2ccccc2)C(N)=O)CC1. The lowest BCUT2D eigenvalue weighted by molar-refractivity contribution is -0.122. The van der Waals surface area contributed by atoms with E-state index in [0.29, 0.717) is 26.1 Å². The molecule has 1 fully saturated rings. The molecule has 2 aromatic rings. The van der Waals surface area contributed by atoms with Crippen LogP contribution in [0.25, 0.3) is 6.08 Å². The topological polar surface area (TPSA) is 79.0 Å². The number of nitrogens with zero attached hydrogens (tertiary/aromatic N) is 2. The summed E-state index contributed by atoms with van der Waals surface area (Å²) in [5.41, 5.74) is 7.65. The molecule has 2 aromatic carbocycles. The Balaban J connectivity index is 1.41. The van der Waals surface area contributed by atoms with Gasteiger partial charge in [0.15, 0.2) is 0 Å². The summed E-state index contributed by atoms with van der Waals surface area (Å²) >= 11 is 0. The molecule has 1 amide bonds. The van der Waals surface area contributed by atoms with Crippen LogP contribution in [0.5, 0.6) is 5.75 Å². The number of para-hydroxylation sites is 1. The lowest BCUT2D eigenvalue weighted by Gasteiger charge is -2.35. The van der Waals surface area contributed by atoms with Crippen LogP contribution in [0, 0.1) is 5.92 Å². The number of aliphatic hydroxyl groups is 1. The zero-order chi connectivity index (χ0) is 22.1. The number of ether oxygens (including phenoxy) is 1. The molecule has 1 aliphatic heterocycles. The monoisotopic (exact) mass is 423 g/mol. The van der Waals surface area contributed by atoms with Gasteiger partial charge in [-0.2, -0.15) is 0 Å². The van der Waals surface area contributed by atoms with Crippen molar-refractivity contribution in [1.82, 2.24) is 9.80 Å². The van der Waals surface area contributed by atoms with Gasteiger partial charge in [0.2, 0.25) is 5.91 Å². The van der Waals surface area contributed by atoms with Crippen LogP contribution in [0.2, 0.25) is 0 Å². The van der Waals surface area contributed by atoms with Crippen molar-refractivity contribution in [1.29, 1.82) is 0 Å². The molecule has 0 aromatic heterocycles.